The van der Waals surface area contributed by atoms with Gasteiger partial charge in [0.2, 0.25) is 0 Å². The second-order valence-electron chi connectivity index (χ2n) is 6.02. The van der Waals surface area contributed by atoms with Crippen molar-refractivity contribution >= 4 is 17.6 Å². The van der Waals surface area contributed by atoms with Crippen LogP contribution in [0.3, 0.4) is 0 Å². The van der Waals surface area contributed by atoms with Gasteiger partial charge >= 0.3 is 11.9 Å². The molecular formula is C21H28N2O4. The van der Waals surface area contributed by atoms with Gasteiger partial charge in [0.05, 0.1) is 6.54 Å². The van der Waals surface area contributed by atoms with E-state index in [1.807, 2.05) is 56.3 Å². The molecule has 2 aromatic carbocycles. The van der Waals surface area contributed by atoms with Gasteiger partial charge in [-0.25, -0.2) is 4.79 Å². The molecule has 6 nitrogen and oxygen atoms in total. The first-order valence-corrected chi connectivity index (χ1v) is 8.86. The first kappa shape index (κ1) is 22.2. The van der Waals surface area contributed by atoms with Crippen LogP contribution >= 0.6 is 0 Å². The third kappa shape index (κ3) is 7.92. The molecule has 1 atom stereocenters. The van der Waals surface area contributed by atoms with Gasteiger partial charge in [0, 0.05) is 5.69 Å². The molecule has 27 heavy (non-hydrogen) atoms. The molecule has 0 saturated carbocycles. The standard InChI is InChI=1S/C19H23NO2.C2H5NO2/c1-4-17-12-8-9-14(2)18(17)20-15(3)19(21)22-13-16-10-6-5-7-11-16;3-1-2(4)5/h5-12,15,20H,4,13H2,1-3H3;1,3H2,(H,4,5)/t15-;/m0./s1. The van der Waals surface area contributed by atoms with Crippen molar-refractivity contribution in [2.45, 2.75) is 39.8 Å². The number of ether oxygens (including phenoxy) is 1. The maximum absolute atomic E-state index is 12.1. The Morgan fingerprint density at radius 1 is 1.15 bits per heavy atom. The highest BCUT2D eigenvalue weighted by Crippen LogP contribution is 2.22. The number of carbonyl (C=O) groups excluding carboxylic acids is 1. The summed E-state index contributed by atoms with van der Waals surface area (Å²) >= 11 is 0. The second kappa shape index (κ2) is 11.7. The van der Waals surface area contributed by atoms with E-state index in [0.29, 0.717) is 6.61 Å². The van der Waals surface area contributed by atoms with Gasteiger partial charge in [0.1, 0.15) is 12.6 Å². The van der Waals surface area contributed by atoms with Gasteiger partial charge in [-0.1, -0.05) is 55.5 Å². The van der Waals surface area contributed by atoms with Gasteiger partial charge < -0.3 is 20.9 Å². The summed E-state index contributed by atoms with van der Waals surface area (Å²) in [4.78, 5) is 21.4. The number of benzene rings is 2. The molecule has 0 spiro atoms. The van der Waals surface area contributed by atoms with Crippen molar-refractivity contribution in [3.8, 4) is 0 Å². The summed E-state index contributed by atoms with van der Waals surface area (Å²) in [5, 5.41) is 10.9. The Labute approximate surface area is 160 Å². The van der Waals surface area contributed by atoms with Crippen LogP contribution in [0.1, 0.15) is 30.5 Å². The lowest BCUT2D eigenvalue weighted by Crippen LogP contribution is -2.28. The van der Waals surface area contributed by atoms with Crippen LogP contribution in [0.25, 0.3) is 0 Å². The smallest absolute Gasteiger partial charge is 0.328 e. The minimum atomic E-state index is -0.968. The second-order valence-corrected chi connectivity index (χ2v) is 6.02. The number of hydrogen-bond acceptors (Lipinski definition) is 5. The molecular weight excluding hydrogens is 344 g/mol. The third-order valence-corrected chi connectivity index (χ3v) is 3.85. The van der Waals surface area contributed by atoms with Crippen LogP contribution in [0.4, 0.5) is 5.69 Å². The summed E-state index contributed by atoms with van der Waals surface area (Å²) in [5.41, 5.74) is 8.95. The maximum atomic E-state index is 12.1. The summed E-state index contributed by atoms with van der Waals surface area (Å²) < 4.78 is 5.37. The number of aryl methyl sites for hydroxylation is 2. The van der Waals surface area contributed by atoms with Crippen LogP contribution < -0.4 is 11.1 Å². The molecule has 0 aliphatic carbocycles. The van der Waals surface area contributed by atoms with Gasteiger partial charge in [-0.15, -0.1) is 0 Å². The molecule has 2 rings (SSSR count). The molecule has 6 heteroatoms. The largest absolute Gasteiger partial charge is 0.480 e. The number of esters is 1. The van der Waals surface area contributed by atoms with Crippen LogP contribution in [0.2, 0.25) is 0 Å². The number of para-hydroxylation sites is 1. The highest BCUT2D eigenvalue weighted by atomic mass is 16.5. The monoisotopic (exact) mass is 372 g/mol. The Bertz CT molecular complexity index is 732. The van der Waals surface area contributed by atoms with Crippen LogP contribution in [0, 0.1) is 6.92 Å². The van der Waals surface area contributed by atoms with Crippen molar-refractivity contribution in [2.24, 2.45) is 5.73 Å². The van der Waals surface area contributed by atoms with E-state index in [4.69, 9.17) is 9.84 Å². The Kier molecular flexibility index (Phi) is 9.61. The molecule has 0 unspecified atom stereocenters. The normalized spacial score (nSPS) is 11.0. The third-order valence-electron chi connectivity index (χ3n) is 3.85. The van der Waals surface area contributed by atoms with Crippen molar-refractivity contribution in [1.82, 2.24) is 0 Å². The van der Waals surface area contributed by atoms with E-state index < -0.39 is 5.97 Å². The summed E-state index contributed by atoms with van der Waals surface area (Å²) in [6, 6.07) is 15.5. The first-order valence-electron chi connectivity index (χ1n) is 8.86. The number of nitrogens with one attached hydrogen (secondary N) is 1. The fraction of sp³-hybridized carbons (Fsp3) is 0.333. The molecule has 0 amide bonds. The number of aliphatic carboxylic acids is 1. The Morgan fingerprint density at radius 3 is 2.33 bits per heavy atom. The Hall–Kier alpha value is -2.86. The first-order chi connectivity index (χ1) is 12.9. The predicted octanol–water partition coefficient (Wildman–Crippen LogP) is 3.13. The van der Waals surface area contributed by atoms with Crippen molar-refractivity contribution in [3.05, 3.63) is 65.2 Å². The minimum absolute atomic E-state index is 0.242. The van der Waals surface area contributed by atoms with Gasteiger partial charge in [-0.2, -0.15) is 0 Å². The highest BCUT2D eigenvalue weighted by Gasteiger charge is 2.16. The zero-order valence-corrected chi connectivity index (χ0v) is 16.1. The fourth-order valence-corrected chi connectivity index (χ4v) is 2.36. The lowest BCUT2D eigenvalue weighted by molar-refractivity contribution is -0.145. The number of rotatable bonds is 7. The molecule has 0 heterocycles. The van der Waals surface area contributed by atoms with E-state index in [1.54, 1.807) is 0 Å². The fourth-order valence-electron chi connectivity index (χ4n) is 2.36. The van der Waals surface area contributed by atoms with Gasteiger partial charge in [0.15, 0.2) is 0 Å². The molecule has 2 aromatic rings. The molecule has 146 valence electrons. The summed E-state index contributed by atoms with van der Waals surface area (Å²) in [5.74, 6) is -1.21. The number of anilines is 1. The zero-order chi connectivity index (χ0) is 20.2. The van der Waals surface area contributed by atoms with Crippen LogP contribution in [0.5, 0.6) is 0 Å². The Morgan fingerprint density at radius 2 is 1.78 bits per heavy atom. The van der Waals surface area contributed by atoms with E-state index in [-0.39, 0.29) is 18.6 Å². The quantitative estimate of drug-likeness (QED) is 0.646. The van der Waals surface area contributed by atoms with Gasteiger partial charge in [-0.05, 0) is 37.0 Å². The zero-order valence-electron chi connectivity index (χ0n) is 16.1. The van der Waals surface area contributed by atoms with E-state index in [9.17, 15) is 9.59 Å². The molecule has 0 aliphatic heterocycles. The summed E-state index contributed by atoms with van der Waals surface area (Å²) in [7, 11) is 0. The average molecular weight is 372 g/mol. The van der Waals surface area contributed by atoms with Crippen LogP contribution in [-0.2, 0) is 27.4 Å². The maximum Gasteiger partial charge on any atom is 0.328 e. The SMILES string of the molecule is CCc1cccc(C)c1N[C@@H](C)C(=O)OCc1ccccc1.NCC(=O)O. The lowest BCUT2D eigenvalue weighted by atomic mass is 10.1. The van der Waals surface area contributed by atoms with Crippen molar-refractivity contribution in [1.29, 1.82) is 0 Å². The van der Waals surface area contributed by atoms with E-state index >= 15 is 0 Å². The number of nitrogens with two attached hydrogens (primary N) is 1. The lowest BCUT2D eigenvalue weighted by Gasteiger charge is -2.19. The van der Waals surface area contributed by atoms with Crippen LogP contribution in [0.15, 0.2) is 48.5 Å². The topological polar surface area (TPSA) is 102 Å². The van der Waals surface area contributed by atoms with Crippen molar-refractivity contribution in [2.75, 3.05) is 11.9 Å². The summed E-state index contributed by atoms with van der Waals surface area (Å²) in [6.07, 6.45) is 0.926. The highest BCUT2D eigenvalue weighted by molar-refractivity contribution is 5.79. The molecule has 0 bridgehead atoms. The molecule has 0 saturated heterocycles. The van der Waals surface area contributed by atoms with E-state index in [0.717, 1.165) is 23.2 Å². The number of carbonyl (C=O) groups is 2. The minimum Gasteiger partial charge on any atom is -0.480 e. The van der Waals surface area contributed by atoms with Crippen molar-refractivity contribution < 1.29 is 19.4 Å². The van der Waals surface area contributed by atoms with E-state index in [1.165, 1.54) is 5.56 Å². The number of carboxylic acids is 1. The summed E-state index contributed by atoms with van der Waals surface area (Å²) in [6.45, 7) is 6.02. The molecule has 0 aromatic heterocycles. The molecule has 0 radical (unpaired) electrons. The predicted molar refractivity (Wildman–Crippen MR) is 107 cm³/mol. The molecule has 0 fully saturated rings. The van der Waals surface area contributed by atoms with Crippen molar-refractivity contribution in [3.63, 3.8) is 0 Å². The molecule has 0 aliphatic rings. The molecule has 4 N–H and O–H groups in total. The van der Waals surface area contributed by atoms with Gasteiger partial charge in [0.25, 0.3) is 0 Å². The number of hydrogen-bond donors (Lipinski definition) is 3. The van der Waals surface area contributed by atoms with E-state index in [2.05, 4.69) is 24.0 Å². The number of carboxylic acid groups (broad SMARTS) is 1. The Balaban J connectivity index is 0.000000646. The average Bonchev–Trinajstić information content (AvgIpc) is 2.68. The van der Waals surface area contributed by atoms with Crippen LogP contribution in [-0.4, -0.2) is 29.6 Å². The van der Waals surface area contributed by atoms with Gasteiger partial charge in [-0.3, -0.25) is 4.79 Å².